The van der Waals surface area contributed by atoms with Crippen LogP contribution in [0, 0.1) is 0 Å². The normalized spacial score (nSPS) is 10.4. The molecule has 2 aromatic rings. The number of thiazole rings is 1. The van der Waals surface area contributed by atoms with Crippen LogP contribution < -0.4 is 0 Å². The lowest BCUT2D eigenvalue weighted by Gasteiger charge is -2.01. The Kier molecular flexibility index (Phi) is 4.14. The van der Waals surface area contributed by atoms with Gasteiger partial charge in [-0.2, -0.15) is 0 Å². The van der Waals surface area contributed by atoms with E-state index in [2.05, 4.69) is 4.98 Å². The second-order valence-corrected chi connectivity index (χ2v) is 5.31. The number of nitrogens with zero attached hydrogens (tertiary/aromatic N) is 1. The molecular weight excluding hydrogens is 278 g/mol. The van der Waals surface area contributed by atoms with E-state index < -0.39 is 11.9 Å². The Morgan fingerprint density at radius 3 is 2.60 bits per heavy atom. The van der Waals surface area contributed by atoms with Gasteiger partial charge in [0.25, 0.3) is 0 Å². The second-order valence-electron chi connectivity index (χ2n) is 4.22. The maximum absolute atomic E-state index is 11.2. The van der Waals surface area contributed by atoms with Gasteiger partial charge in [0.15, 0.2) is 0 Å². The number of aromatic nitrogens is 1. The van der Waals surface area contributed by atoms with E-state index in [1.54, 1.807) is 18.2 Å². The van der Waals surface area contributed by atoms with Gasteiger partial charge in [-0.3, -0.25) is 0 Å². The molecule has 0 unspecified atom stereocenters. The molecule has 6 heteroatoms. The summed E-state index contributed by atoms with van der Waals surface area (Å²) in [6.45, 7) is 1.92. The van der Waals surface area contributed by atoms with Gasteiger partial charge < -0.3 is 10.2 Å². The molecule has 1 aromatic carbocycles. The molecule has 0 saturated heterocycles. The highest BCUT2D eigenvalue weighted by atomic mass is 32.1. The lowest BCUT2D eigenvalue weighted by molar-refractivity contribution is 0.0687. The molecule has 0 spiro atoms. The molecule has 0 amide bonds. The highest BCUT2D eigenvalue weighted by molar-refractivity contribution is 7.13. The van der Waals surface area contributed by atoms with Gasteiger partial charge >= 0.3 is 11.9 Å². The zero-order valence-corrected chi connectivity index (χ0v) is 11.6. The van der Waals surface area contributed by atoms with Crippen LogP contribution in [0.2, 0.25) is 0 Å². The molecule has 104 valence electrons. The van der Waals surface area contributed by atoms with E-state index in [1.807, 2.05) is 6.92 Å². The molecule has 0 radical (unpaired) electrons. The summed E-state index contributed by atoms with van der Waals surface area (Å²) in [5.41, 5.74) is 1.41. The summed E-state index contributed by atoms with van der Waals surface area (Å²) >= 11 is 1.17. The first-order chi connectivity index (χ1) is 9.51. The average molecular weight is 291 g/mol. The molecule has 0 aliphatic carbocycles. The van der Waals surface area contributed by atoms with E-state index in [9.17, 15) is 14.7 Å². The maximum atomic E-state index is 11.2. The Bertz CT molecular complexity index is 663. The average Bonchev–Trinajstić information content (AvgIpc) is 2.82. The molecule has 0 saturated carbocycles. The number of rotatable bonds is 5. The first kappa shape index (κ1) is 14.2. The molecule has 1 heterocycles. The predicted octanol–water partition coefficient (Wildman–Crippen LogP) is 2.69. The third-order valence-electron chi connectivity index (χ3n) is 2.78. The number of benzene rings is 1. The SMILES string of the molecule is CCc1nc(Cc2cccc(C(=O)O)c2)c(C(=O)O)s1. The minimum absolute atomic E-state index is 0.185. The third kappa shape index (κ3) is 3.03. The van der Waals surface area contributed by atoms with Crippen molar-refractivity contribution in [3.63, 3.8) is 0 Å². The number of aromatic carboxylic acids is 2. The Morgan fingerprint density at radius 2 is 2.00 bits per heavy atom. The van der Waals surface area contributed by atoms with Crippen molar-refractivity contribution in [3.05, 3.63) is 51.0 Å². The van der Waals surface area contributed by atoms with Crippen LogP contribution >= 0.6 is 11.3 Å². The fraction of sp³-hybridized carbons (Fsp3) is 0.214. The fourth-order valence-electron chi connectivity index (χ4n) is 1.85. The first-order valence-corrected chi connectivity index (χ1v) is 6.87. The number of carbonyl (C=O) groups is 2. The summed E-state index contributed by atoms with van der Waals surface area (Å²) in [4.78, 5) is 26.7. The highest BCUT2D eigenvalue weighted by Gasteiger charge is 2.17. The summed E-state index contributed by atoms with van der Waals surface area (Å²) in [6, 6.07) is 6.46. The number of carboxylic acid groups (broad SMARTS) is 2. The van der Waals surface area contributed by atoms with Crippen molar-refractivity contribution < 1.29 is 19.8 Å². The molecular formula is C14H13NO4S. The smallest absolute Gasteiger partial charge is 0.347 e. The van der Waals surface area contributed by atoms with Gasteiger partial charge in [0.05, 0.1) is 16.3 Å². The Hall–Kier alpha value is -2.21. The molecule has 0 bridgehead atoms. The first-order valence-electron chi connectivity index (χ1n) is 6.05. The number of hydrogen-bond donors (Lipinski definition) is 2. The van der Waals surface area contributed by atoms with Crippen molar-refractivity contribution in [2.75, 3.05) is 0 Å². The molecule has 5 nitrogen and oxygen atoms in total. The topological polar surface area (TPSA) is 87.5 Å². The zero-order chi connectivity index (χ0) is 14.7. The number of carboxylic acids is 2. The van der Waals surface area contributed by atoms with Crippen LogP contribution in [-0.4, -0.2) is 27.1 Å². The van der Waals surface area contributed by atoms with Gasteiger partial charge in [-0.1, -0.05) is 19.1 Å². The summed E-state index contributed by atoms with van der Waals surface area (Å²) in [6.07, 6.45) is 0.999. The fourth-order valence-corrected chi connectivity index (χ4v) is 2.71. The van der Waals surface area contributed by atoms with Crippen LogP contribution in [0.4, 0.5) is 0 Å². The molecule has 2 rings (SSSR count). The standard InChI is InChI=1S/C14H13NO4S/c1-2-11-15-10(12(20-11)14(18)19)7-8-4-3-5-9(6-8)13(16)17/h3-6H,2,7H2,1H3,(H,16,17)(H,18,19). The summed E-state index contributed by atoms with van der Waals surface area (Å²) in [7, 11) is 0. The van der Waals surface area contributed by atoms with Crippen molar-refractivity contribution in [1.82, 2.24) is 4.98 Å². The second kappa shape index (κ2) is 5.83. The minimum Gasteiger partial charge on any atom is -0.478 e. The largest absolute Gasteiger partial charge is 0.478 e. The van der Waals surface area contributed by atoms with E-state index in [0.717, 1.165) is 10.6 Å². The summed E-state index contributed by atoms with van der Waals surface area (Å²) in [5.74, 6) is -2.00. The summed E-state index contributed by atoms with van der Waals surface area (Å²) in [5, 5.41) is 18.9. The maximum Gasteiger partial charge on any atom is 0.347 e. The van der Waals surface area contributed by atoms with Crippen molar-refractivity contribution >= 4 is 23.3 Å². The van der Waals surface area contributed by atoms with E-state index in [1.165, 1.54) is 17.4 Å². The quantitative estimate of drug-likeness (QED) is 0.884. The van der Waals surface area contributed by atoms with Crippen LogP contribution in [0.15, 0.2) is 24.3 Å². The van der Waals surface area contributed by atoms with Gasteiger partial charge in [0.2, 0.25) is 0 Å². The monoisotopic (exact) mass is 291 g/mol. The van der Waals surface area contributed by atoms with Crippen molar-refractivity contribution in [2.24, 2.45) is 0 Å². The van der Waals surface area contributed by atoms with E-state index >= 15 is 0 Å². The number of hydrogen-bond acceptors (Lipinski definition) is 4. The molecule has 2 N–H and O–H groups in total. The Balaban J connectivity index is 2.34. The van der Waals surface area contributed by atoms with Gasteiger partial charge in [0.1, 0.15) is 4.88 Å². The van der Waals surface area contributed by atoms with Crippen LogP contribution in [-0.2, 0) is 12.8 Å². The van der Waals surface area contributed by atoms with Crippen LogP contribution in [0.3, 0.4) is 0 Å². The lowest BCUT2D eigenvalue weighted by Crippen LogP contribution is -2.02. The highest BCUT2D eigenvalue weighted by Crippen LogP contribution is 2.22. The zero-order valence-electron chi connectivity index (χ0n) is 10.8. The Labute approximate surface area is 119 Å². The molecule has 0 aliphatic heterocycles. The Morgan fingerprint density at radius 1 is 1.25 bits per heavy atom. The predicted molar refractivity (Wildman–Crippen MR) is 74.7 cm³/mol. The van der Waals surface area contributed by atoms with E-state index in [-0.39, 0.29) is 10.4 Å². The minimum atomic E-state index is -1.00. The van der Waals surface area contributed by atoms with Crippen molar-refractivity contribution in [1.29, 1.82) is 0 Å². The molecule has 20 heavy (non-hydrogen) atoms. The van der Waals surface area contributed by atoms with E-state index in [4.69, 9.17) is 5.11 Å². The third-order valence-corrected chi connectivity index (χ3v) is 4.01. The van der Waals surface area contributed by atoms with Crippen LogP contribution in [0.1, 0.15) is 43.2 Å². The van der Waals surface area contributed by atoms with Gasteiger partial charge in [-0.15, -0.1) is 11.3 Å². The molecule has 0 fully saturated rings. The lowest BCUT2D eigenvalue weighted by atomic mass is 10.1. The van der Waals surface area contributed by atoms with Crippen LogP contribution in [0.5, 0.6) is 0 Å². The van der Waals surface area contributed by atoms with Gasteiger partial charge in [-0.25, -0.2) is 14.6 Å². The van der Waals surface area contributed by atoms with Gasteiger partial charge in [-0.05, 0) is 24.1 Å². The van der Waals surface area contributed by atoms with Crippen LogP contribution in [0.25, 0.3) is 0 Å². The summed E-state index contributed by atoms with van der Waals surface area (Å²) < 4.78 is 0. The van der Waals surface area contributed by atoms with Crippen molar-refractivity contribution in [2.45, 2.75) is 19.8 Å². The van der Waals surface area contributed by atoms with E-state index in [0.29, 0.717) is 18.5 Å². The van der Waals surface area contributed by atoms with Gasteiger partial charge in [0, 0.05) is 6.42 Å². The van der Waals surface area contributed by atoms with Crippen molar-refractivity contribution in [3.8, 4) is 0 Å². The molecule has 0 aliphatic rings. The number of aryl methyl sites for hydroxylation is 1. The molecule has 1 aromatic heterocycles. The molecule has 0 atom stereocenters.